The lowest BCUT2D eigenvalue weighted by Gasteiger charge is -2.43. The molecule has 1 fully saturated rings. The Morgan fingerprint density at radius 3 is 1.94 bits per heavy atom. The third-order valence-corrected chi connectivity index (χ3v) is 3.17. The van der Waals surface area contributed by atoms with Crippen LogP contribution in [0.4, 0.5) is 0 Å². The van der Waals surface area contributed by atoms with Gasteiger partial charge in [0, 0.05) is 28.4 Å². The van der Waals surface area contributed by atoms with E-state index in [1.807, 2.05) is 0 Å². The molecule has 5 atom stereocenters. The van der Waals surface area contributed by atoms with Gasteiger partial charge in [-0.3, -0.25) is 0 Å². The average Bonchev–Trinajstić information content (AvgIpc) is 2.28. The van der Waals surface area contributed by atoms with Gasteiger partial charge in [-0.25, -0.2) is 0 Å². The van der Waals surface area contributed by atoms with E-state index in [0.29, 0.717) is 6.61 Å². The second-order valence-corrected chi connectivity index (χ2v) is 4.13. The fourth-order valence-corrected chi connectivity index (χ4v) is 2.45. The van der Waals surface area contributed by atoms with Crippen molar-refractivity contribution in [2.24, 2.45) is 0 Å². The van der Waals surface area contributed by atoms with Gasteiger partial charge in [0.1, 0.15) is 29.9 Å². The fourth-order valence-electron chi connectivity index (χ4n) is 2.00. The first kappa shape index (κ1) is 14.2. The van der Waals surface area contributed by atoms with Crippen molar-refractivity contribution in [2.45, 2.75) is 29.9 Å². The van der Waals surface area contributed by atoms with Crippen LogP contribution in [0.15, 0.2) is 0 Å². The van der Waals surface area contributed by atoms with Crippen LogP contribution >= 0.6 is 12.6 Å². The third kappa shape index (κ3) is 2.88. The minimum atomic E-state index is -0.346. The van der Waals surface area contributed by atoms with Crippen molar-refractivity contribution >= 4 is 12.6 Å². The molecule has 16 heavy (non-hydrogen) atoms. The predicted molar refractivity (Wildman–Crippen MR) is 61.9 cm³/mol. The molecule has 0 spiro atoms. The van der Waals surface area contributed by atoms with Gasteiger partial charge in [0.2, 0.25) is 0 Å². The van der Waals surface area contributed by atoms with Crippen LogP contribution in [0.25, 0.3) is 0 Å². The third-order valence-electron chi connectivity index (χ3n) is 2.76. The second kappa shape index (κ2) is 6.78. The van der Waals surface area contributed by atoms with E-state index < -0.39 is 0 Å². The summed E-state index contributed by atoms with van der Waals surface area (Å²) in [6, 6.07) is 0. The molecule has 96 valence electrons. The lowest BCUT2D eigenvalue weighted by molar-refractivity contribution is -0.228. The zero-order chi connectivity index (χ0) is 12.1. The van der Waals surface area contributed by atoms with Crippen molar-refractivity contribution in [1.29, 1.82) is 0 Å². The van der Waals surface area contributed by atoms with E-state index in [9.17, 15) is 0 Å². The van der Waals surface area contributed by atoms with E-state index in [1.165, 1.54) is 0 Å². The molecule has 0 bridgehead atoms. The minimum Gasteiger partial charge on any atom is -0.382 e. The Kier molecular flexibility index (Phi) is 6.02. The largest absolute Gasteiger partial charge is 0.382 e. The zero-order valence-electron chi connectivity index (χ0n) is 10.1. The molecule has 6 heteroatoms. The molecule has 0 aromatic rings. The summed E-state index contributed by atoms with van der Waals surface area (Å²) in [5, 5.41) is 0. The first-order chi connectivity index (χ1) is 7.69. The molecular weight excluding hydrogens is 232 g/mol. The molecule has 1 aliphatic heterocycles. The Labute approximate surface area is 102 Å². The average molecular weight is 252 g/mol. The van der Waals surface area contributed by atoms with Crippen LogP contribution in [0, 0.1) is 0 Å². The number of hydrogen-bond donors (Lipinski definition) is 1. The van der Waals surface area contributed by atoms with Gasteiger partial charge >= 0.3 is 0 Å². The lowest BCUT2D eigenvalue weighted by Crippen LogP contribution is -2.59. The van der Waals surface area contributed by atoms with Crippen LogP contribution in [0.2, 0.25) is 0 Å². The highest BCUT2D eigenvalue weighted by Crippen LogP contribution is 2.28. The summed E-state index contributed by atoms with van der Waals surface area (Å²) in [6.07, 6.45) is -0.898. The highest BCUT2D eigenvalue weighted by molar-refractivity contribution is 7.80. The molecule has 0 aromatic heterocycles. The first-order valence-electron chi connectivity index (χ1n) is 5.10. The molecule has 1 saturated heterocycles. The van der Waals surface area contributed by atoms with Gasteiger partial charge in [-0.15, -0.1) is 12.6 Å². The van der Waals surface area contributed by atoms with Crippen molar-refractivity contribution in [3.05, 3.63) is 0 Å². The normalized spacial score (nSPS) is 39.9. The summed E-state index contributed by atoms with van der Waals surface area (Å²) in [5.74, 6) is 0. The van der Waals surface area contributed by atoms with E-state index >= 15 is 0 Å². The molecule has 0 saturated carbocycles. The molecule has 5 nitrogen and oxygen atoms in total. The molecule has 0 amide bonds. The molecule has 0 aliphatic carbocycles. The molecule has 1 heterocycles. The monoisotopic (exact) mass is 252 g/mol. The van der Waals surface area contributed by atoms with E-state index in [1.54, 1.807) is 28.4 Å². The second-order valence-electron chi connectivity index (χ2n) is 3.62. The molecule has 0 N–H and O–H groups in total. The van der Waals surface area contributed by atoms with E-state index in [2.05, 4.69) is 12.6 Å². The van der Waals surface area contributed by atoms with Crippen LogP contribution in [0.5, 0.6) is 0 Å². The standard InChI is InChI=1S/C10H20O5S/c1-11-5-6-7(12-2)8(13-3)9(14-4)10(16)15-6/h6-10,16H,5H2,1-4H3/t6-,7-,8+,9-,10-/m1/s1. The van der Waals surface area contributed by atoms with Gasteiger partial charge in [-0.05, 0) is 0 Å². The summed E-state index contributed by atoms with van der Waals surface area (Å²) in [7, 11) is 6.47. The predicted octanol–water partition coefficient (Wildman–Crippen LogP) is 0.332. The Hall–Kier alpha value is 0.150. The molecule has 0 aromatic carbocycles. The van der Waals surface area contributed by atoms with E-state index in [4.69, 9.17) is 23.7 Å². The summed E-state index contributed by atoms with van der Waals surface area (Å²) in [4.78, 5) is 0. The van der Waals surface area contributed by atoms with Crippen molar-refractivity contribution < 1.29 is 23.7 Å². The van der Waals surface area contributed by atoms with E-state index in [-0.39, 0.29) is 29.9 Å². The Balaban J connectivity index is 2.78. The van der Waals surface area contributed by atoms with Crippen LogP contribution in [-0.2, 0) is 23.7 Å². The van der Waals surface area contributed by atoms with Crippen molar-refractivity contribution in [3.63, 3.8) is 0 Å². The molecule has 0 unspecified atom stereocenters. The van der Waals surface area contributed by atoms with Gasteiger partial charge in [0.25, 0.3) is 0 Å². The SMILES string of the molecule is COC[C@H]1O[C@H](S)[C@H](OC)[C@@H](OC)[C@@H]1OC. The van der Waals surface area contributed by atoms with Crippen molar-refractivity contribution in [3.8, 4) is 0 Å². The van der Waals surface area contributed by atoms with Gasteiger partial charge in [-0.2, -0.15) is 0 Å². The highest BCUT2D eigenvalue weighted by Gasteiger charge is 2.45. The van der Waals surface area contributed by atoms with Crippen LogP contribution < -0.4 is 0 Å². The topological polar surface area (TPSA) is 46.2 Å². The Morgan fingerprint density at radius 2 is 1.50 bits per heavy atom. The quantitative estimate of drug-likeness (QED) is 0.715. The maximum Gasteiger partial charge on any atom is 0.129 e. The maximum atomic E-state index is 5.67. The summed E-state index contributed by atoms with van der Waals surface area (Å²) in [6.45, 7) is 0.436. The number of rotatable bonds is 5. The van der Waals surface area contributed by atoms with Gasteiger partial charge in [-0.1, -0.05) is 0 Å². The fraction of sp³-hybridized carbons (Fsp3) is 1.00. The van der Waals surface area contributed by atoms with Gasteiger partial charge < -0.3 is 23.7 Å². The van der Waals surface area contributed by atoms with Gasteiger partial charge in [0.15, 0.2) is 0 Å². The summed E-state index contributed by atoms with van der Waals surface area (Å²) in [5.41, 5.74) is -0.346. The van der Waals surface area contributed by atoms with Crippen LogP contribution in [0.1, 0.15) is 0 Å². The van der Waals surface area contributed by atoms with Crippen molar-refractivity contribution in [2.75, 3.05) is 35.0 Å². The Bertz CT molecular complexity index is 204. The molecule has 1 aliphatic rings. The number of methoxy groups -OCH3 is 4. The molecule has 1 rings (SSSR count). The van der Waals surface area contributed by atoms with Crippen LogP contribution in [0.3, 0.4) is 0 Å². The smallest absolute Gasteiger partial charge is 0.129 e. The van der Waals surface area contributed by atoms with Gasteiger partial charge in [0.05, 0.1) is 6.61 Å². The Morgan fingerprint density at radius 1 is 0.938 bits per heavy atom. The minimum absolute atomic E-state index is 0.200. The zero-order valence-corrected chi connectivity index (χ0v) is 11.0. The van der Waals surface area contributed by atoms with E-state index in [0.717, 1.165) is 0 Å². The molecular formula is C10H20O5S. The first-order valence-corrected chi connectivity index (χ1v) is 5.62. The molecule has 0 radical (unpaired) electrons. The highest BCUT2D eigenvalue weighted by atomic mass is 32.1. The van der Waals surface area contributed by atoms with Crippen molar-refractivity contribution in [1.82, 2.24) is 0 Å². The number of thiol groups is 1. The summed E-state index contributed by atoms with van der Waals surface area (Å²) >= 11 is 4.34. The number of hydrogen-bond acceptors (Lipinski definition) is 6. The van der Waals surface area contributed by atoms with Crippen LogP contribution in [-0.4, -0.2) is 64.9 Å². The number of ether oxygens (including phenoxy) is 5. The lowest BCUT2D eigenvalue weighted by atomic mass is 9.99. The summed E-state index contributed by atoms with van der Waals surface area (Å²) < 4.78 is 26.9. The maximum absolute atomic E-state index is 5.67.